The molecule has 5 heteroatoms. The van der Waals surface area contributed by atoms with Crippen LogP contribution in [0.25, 0.3) is 0 Å². The molecule has 0 aliphatic heterocycles. The van der Waals surface area contributed by atoms with Crippen LogP contribution in [0.4, 0.5) is 0 Å². The highest BCUT2D eigenvalue weighted by atomic mass is 16.5. The van der Waals surface area contributed by atoms with Gasteiger partial charge in [0.05, 0.1) is 6.61 Å². The van der Waals surface area contributed by atoms with Gasteiger partial charge in [-0.1, -0.05) is 0 Å². The van der Waals surface area contributed by atoms with Gasteiger partial charge in [-0.2, -0.15) is 0 Å². The Morgan fingerprint density at radius 1 is 1.24 bits per heavy atom. The van der Waals surface area contributed by atoms with Crippen molar-refractivity contribution < 1.29 is 14.3 Å². The quantitative estimate of drug-likeness (QED) is 0.513. The lowest BCUT2D eigenvalue weighted by Gasteiger charge is -2.06. The largest absolute Gasteiger partial charge is 0.385 e. The van der Waals surface area contributed by atoms with E-state index in [2.05, 4.69) is 10.6 Å². The van der Waals surface area contributed by atoms with Gasteiger partial charge >= 0.3 is 0 Å². The van der Waals surface area contributed by atoms with Gasteiger partial charge < -0.3 is 20.1 Å². The van der Waals surface area contributed by atoms with Crippen molar-refractivity contribution >= 4 is 5.91 Å². The van der Waals surface area contributed by atoms with E-state index in [1.54, 1.807) is 7.11 Å². The van der Waals surface area contributed by atoms with Crippen LogP contribution in [-0.2, 0) is 14.3 Å². The summed E-state index contributed by atoms with van der Waals surface area (Å²) in [4.78, 5) is 11.3. The first kappa shape index (κ1) is 14.4. The number of amides is 1. The molecule has 1 fully saturated rings. The van der Waals surface area contributed by atoms with E-state index < -0.39 is 0 Å². The van der Waals surface area contributed by atoms with E-state index in [1.807, 2.05) is 0 Å². The van der Waals surface area contributed by atoms with Crippen LogP contribution < -0.4 is 10.6 Å². The Hall–Kier alpha value is -0.650. The van der Waals surface area contributed by atoms with Gasteiger partial charge in [0.25, 0.3) is 0 Å². The fourth-order valence-corrected chi connectivity index (χ4v) is 1.41. The molecular weight excluding hydrogens is 220 g/mol. The molecule has 0 unspecified atom stereocenters. The molecule has 0 aromatic rings. The summed E-state index contributed by atoms with van der Waals surface area (Å²) >= 11 is 0. The van der Waals surface area contributed by atoms with Gasteiger partial charge in [0, 0.05) is 45.9 Å². The van der Waals surface area contributed by atoms with Crippen LogP contribution in [0, 0.1) is 0 Å². The average Bonchev–Trinajstić information content (AvgIpc) is 3.11. The van der Waals surface area contributed by atoms with Crippen molar-refractivity contribution in [3.63, 3.8) is 0 Å². The van der Waals surface area contributed by atoms with E-state index in [9.17, 15) is 4.79 Å². The van der Waals surface area contributed by atoms with Gasteiger partial charge in [-0.15, -0.1) is 0 Å². The topological polar surface area (TPSA) is 59.6 Å². The predicted octanol–water partition coefficient (Wildman–Crippen LogP) is 0.298. The van der Waals surface area contributed by atoms with Crippen molar-refractivity contribution in [2.24, 2.45) is 0 Å². The molecule has 1 amide bonds. The first-order chi connectivity index (χ1) is 8.33. The van der Waals surface area contributed by atoms with E-state index in [0.29, 0.717) is 19.1 Å². The van der Waals surface area contributed by atoms with Crippen LogP contribution in [0.3, 0.4) is 0 Å². The highest BCUT2D eigenvalue weighted by Gasteiger charge is 2.22. The van der Waals surface area contributed by atoms with Crippen LogP contribution in [0.15, 0.2) is 0 Å². The summed E-state index contributed by atoms with van der Waals surface area (Å²) in [6, 6.07) is 0.464. The van der Waals surface area contributed by atoms with Gasteiger partial charge in [-0.3, -0.25) is 4.79 Å². The van der Waals surface area contributed by atoms with Crippen molar-refractivity contribution in [3.05, 3.63) is 0 Å². The van der Waals surface area contributed by atoms with Crippen LogP contribution in [-0.4, -0.2) is 52.0 Å². The minimum atomic E-state index is 0.154. The Labute approximate surface area is 103 Å². The molecule has 5 nitrogen and oxygen atoms in total. The third-order valence-corrected chi connectivity index (χ3v) is 2.53. The standard InChI is InChI=1S/C12H24N2O3/c1-16-8-2-9-17-10-7-13-6-5-12(15)14-11-3-4-11/h11,13H,2-10H2,1H3,(H,14,15). The molecule has 0 aromatic heterocycles. The number of carbonyl (C=O) groups is 1. The summed E-state index contributed by atoms with van der Waals surface area (Å²) in [5.74, 6) is 0.154. The molecule has 0 bridgehead atoms. The number of hydrogen-bond donors (Lipinski definition) is 2. The molecule has 17 heavy (non-hydrogen) atoms. The van der Waals surface area contributed by atoms with E-state index >= 15 is 0 Å². The number of carbonyl (C=O) groups excluding carboxylic acids is 1. The molecule has 0 spiro atoms. The van der Waals surface area contributed by atoms with E-state index in [1.165, 1.54) is 0 Å². The van der Waals surface area contributed by atoms with E-state index in [4.69, 9.17) is 9.47 Å². The van der Waals surface area contributed by atoms with Gasteiger partial charge in [-0.05, 0) is 19.3 Å². The Balaban J connectivity index is 1.73. The normalized spacial score (nSPS) is 14.9. The van der Waals surface area contributed by atoms with Crippen molar-refractivity contribution in [2.45, 2.75) is 31.7 Å². The van der Waals surface area contributed by atoms with Gasteiger partial charge in [0.2, 0.25) is 5.91 Å². The lowest BCUT2D eigenvalue weighted by atomic mass is 10.4. The third-order valence-electron chi connectivity index (χ3n) is 2.53. The van der Waals surface area contributed by atoms with E-state index in [-0.39, 0.29) is 5.91 Å². The molecule has 0 aromatic carbocycles. The summed E-state index contributed by atoms with van der Waals surface area (Å²) in [5.41, 5.74) is 0. The zero-order chi connectivity index (χ0) is 12.3. The molecule has 1 saturated carbocycles. The van der Waals surface area contributed by atoms with Crippen LogP contribution >= 0.6 is 0 Å². The van der Waals surface area contributed by atoms with Gasteiger partial charge in [-0.25, -0.2) is 0 Å². The zero-order valence-electron chi connectivity index (χ0n) is 10.7. The SMILES string of the molecule is COCCCOCCNCCC(=O)NC1CC1. The highest BCUT2D eigenvalue weighted by molar-refractivity contribution is 5.76. The lowest BCUT2D eigenvalue weighted by Crippen LogP contribution is -2.30. The second-order valence-corrected chi connectivity index (χ2v) is 4.30. The fraction of sp³-hybridized carbons (Fsp3) is 0.917. The van der Waals surface area contributed by atoms with Crippen LogP contribution in [0.1, 0.15) is 25.7 Å². The number of nitrogens with one attached hydrogen (secondary N) is 2. The number of hydrogen-bond acceptors (Lipinski definition) is 4. The molecule has 0 atom stereocenters. The van der Waals surface area contributed by atoms with Gasteiger partial charge in [0.1, 0.15) is 0 Å². The average molecular weight is 244 g/mol. The first-order valence-electron chi connectivity index (χ1n) is 6.39. The lowest BCUT2D eigenvalue weighted by molar-refractivity contribution is -0.121. The molecule has 1 rings (SSSR count). The highest BCUT2D eigenvalue weighted by Crippen LogP contribution is 2.18. The maximum Gasteiger partial charge on any atom is 0.221 e. The molecular formula is C12H24N2O3. The smallest absolute Gasteiger partial charge is 0.221 e. The Kier molecular flexibility index (Phi) is 7.96. The molecule has 0 saturated heterocycles. The fourth-order valence-electron chi connectivity index (χ4n) is 1.41. The second kappa shape index (κ2) is 9.39. The monoisotopic (exact) mass is 244 g/mol. The predicted molar refractivity (Wildman–Crippen MR) is 66.0 cm³/mol. The first-order valence-corrected chi connectivity index (χ1v) is 6.39. The van der Waals surface area contributed by atoms with Crippen molar-refractivity contribution in [1.82, 2.24) is 10.6 Å². The Morgan fingerprint density at radius 2 is 2.06 bits per heavy atom. The molecule has 0 heterocycles. The molecule has 100 valence electrons. The maximum absolute atomic E-state index is 11.3. The maximum atomic E-state index is 11.3. The summed E-state index contributed by atoms with van der Waals surface area (Å²) < 4.78 is 10.3. The van der Waals surface area contributed by atoms with Crippen LogP contribution in [0.5, 0.6) is 0 Å². The number of ether oxygens (including phenoxy) is 2. The number of rotatable bonds is 11. The summed E-state index contributed by atoms with van der Waals surface area (Å²) in [7, 11) is 1.69. The summed E-state index contributed by atoms with van der Waals surface area (Å²) in [6.07, 6.45) is 3.78. The van der Waals surface area contributed by atoms with Gasteiger partial charge in [0.15, 0.2) is 0 Å². The third kappa shape index (κ3) is 9.09. The molecule has 0 radical (unpaired) electrons. The minimum Gasteiger partial charge on any atom is -0.385 e. The van der Waals surface area contributed by atoms with Crippen molar-refractivity contribution in [2.75, 3.05) is 40.0 Å². The van der Waals surface area contributed by atoms with Crippen molar-refractivity contribution in [1.29, 1.82) is 0 Å². The Morgan fingerprint density at radius 3 is 2.76 bits per heavy atom. The molecule has 1 aliphatic carbocycles. The molecule has 2 N–H and O–H groups in total. The number of methoxy groups -OCH3 is 1. The van der Waals surface area contributed by atoms with Crippen molar-refractivity contribution in [3.8, 4) is 0 Å². The summed E-state index contributed by atoms with van der Waals surface area (Å²) in [6.45, 7) is 3.68. The Bertz CT molecular complexity index is 208. The zero-order valence-corrected chi connectivity index (χ0v) is 10.7. The summed E-state index contributed by atoms with van der Waals surface area (Å²) in [5, 5.41) is 6.14. The second-order valence-electron chi connectivity index (χ2n) is 4.30. The van der Waals surface area contributed by atoms with Crippen LogP contribution in [0.2, 0.25) is 0 Å². The van der Waals surface area contributed by atoms with E-state index in [0.717, 1.165) is 45.6 Å². The minimum absolute atomic E-state index is 0.154. The molecule has 1 aliphatic rings.